The highest BCUT2D eigenvalue weighted by molar-refractivity contribution is 6.03. The van der Waals surface area contributed by atoms with E-state index < -0.39 is 41.3 Å². The topological polar surface area (TPSA) is 40.5 Å². The highest BCUT2D eigenvalue weighted by atomic mass is 19.1. The van der Waals surface area contributed by atoms with Gasteiger partial charge in [0, 0.05) is 16.8 Å². The van der Waals surface area contributed by atoms with Crippen molar-refractivity contribution in [3.8, 4) is 11.1 Å². The summed E-state index contributed by atoms with van der Waals surface area (Å²) in [7, 11) is 0. The molecule has 4 aromatic rings. The summed E-state index contributed by atoms with van der Waals surface area (Å²) in [5.74, 6) is -2.89. The van der Waals surface area contributed by atoms with Crippen LogP contribution >= 0.6 is 0 Å². The molecule has 5 rings (SSSR count). The van der Waals surface area contributed by atoms with Crippen molar-refractivity contribution in [3.63, 3.8) is 0 Å². The summed E-state index contributed by atoms with van der Waals surface area (Å²) in [6.45, 7) is 0. The van der Waals surface area contributed by atoms with E-state index in [1.54, 1.807) is 24.3 Å². The average molecular weight is 506 g/mol. The number of amides is 1. The van der Waals surface area contributed by atoms with Crippen molar-refractivity contribution < 1.29 is 27.5 Å². The molecule has 0 aliphatic carbocycles. The van der Waals surface area contributed by atoms with Crippen LogP contribution in [0.1, 0.15) is 36.1 Å². The summed E-state index contributed by atoms with van der Waals surface area (Å²) < 4.78 is 56.5. The van der Waals surface area contributed by atoms with Crippen molar-refractivity contribution in [1.29, 1.82) is 0 Å². The molecule has 1 saturated heterocycles. The maximum Gasteiger partial charge on any atom is 0.233 e. The molecule has 3 atom stereocenters. The molecule has 1 heterocycles. The van der Waals surface area contributed by atoms with Gasteiger partial charge >= 0.3 is 0 Å². The maximum atomic E-state index is 15.5. The predicted octanol–water partition coefficient (Wildman–Crippen LogP) is 7.13. The van der Waals surface area contributed by atoms with Crippen LogP contribution in [0.4, 0.5) is 23.2 Å². The molecule has 37 heavy (non-hydrogen) atoms. The number of anilines is 1. The Morgan fingerprint density at radius 3 is 2.08 bits per heavy atom. The van der Waals surface area contributed by atoms with E-state index in [1.165, 1.54) is 71.6 Å². The average Bonchev–Trinajstić information content (AvgIpc) is 2.89. The van der Waals surface area contributed by atoms with Crippen LogP contribution in [0.3, 0.4) is 0 Å². The second kappa shape index (κ2) is 10.2. The van der Waals surface area contributed by atoms with Crippen LogP contribution in [0.5, 0.6) is 0 Å². The van der Waals surface area contributed by atoms with Gasteiger partial charge in [-0.1, -0.05) is 42.5 Å². The van der Waals surface area contributed by atoms with E-state index in [1.807, 2.05) is 0 Å². The largest absolute Gasteiger partial charge is 0.388 e. The lowest BCUT2D eigenvalue weighted by atomic mass is 9.77. The summed E-state index contributed by atoms with van der Waals surface area (Å²) in [6, 6.07) is 20.6. The normalized spacial score (nSPS) is 18.0. The number of aliphatic hydroxyl groups is 1. The maximum absolute atomic E-state index is 15.5. The molecule has 7 heteroatoms. The monoisotopic (exact) mass is 505 g/mol. The van der Waals surface area contributed by atoms with E-state index >= 15 is 4.39 Å². The summed E-state index contributed by atoms with van der Waals surface area (Å²) >= 11 is 0. The molecule has 0 radical (unpaired) electrons. The van der Waals surface area contributed by atoms with Gasteiger partial charge in [0.25, 0.3) is 0 Å². The summed E-state index contributed by atoms with van der Waals surface area (Å²) in [5, 5.41) is 10.6. The molecule has 1 amide bonds. The van der Waals surface area contributed by atoms with Crippen LogP contribution in [0.2, 0.25) is 0 Å². The molecule has 0 spiro atoms. The first-order chi connectivity index (χ1) is 17.8. The van der Waals surface area contributed by atoms with E-state index in [-0.39, 0.29) is 29.9 Å². The zero-order chi connectivity index (χ0) is 26.1. The van der Waals surface area contributed by atoms with E-state index in [0.717, 1.165) is 0 Å². The van der Waals surface area contributed by atoms with Gasteiger partial charge < -0.3 is 10.0 Å². The number of hydrogen-bond donors (Lipinski definition) is 1. The van der Waals surface area contributed by atoms with Crippen LogP contribution in [0.25, 0.3) is 11.1 Å². The van der Waals surface area contributed by atoms with Crippen molar-refractivity contribution in [2.45, 2.75) is 25.0 Å². The van der Waals surface area contributed by atoms with Crippen LogP contribution in [-0.4, -0.2) is 11.0 Å². The first kappa shape index (κ1) is 24.7. The minimum Gasteiger partial charge on any atom is -0.388 e. The predicted molar refractivity (Wildman–Crippen MR) is 133 cm³/mol. The first-order valence-electron chi connectivity index (χ1n) is 11.9. The number of carbonyl (C=O) groups excluding carboxylic acids is 1. The Balaban J connectivity index is 1.44. The van der Waals surface area contributed by atoms with Crippen molar-refractivity contribution in [2.75, 3.05) is 4.90 Å². The second-order valence-electron chi connectivity index (χ2n) is 9.10. The van der Waals surface area contributed by atoms with Gasteiger partial charge in [-0.25, -0.2) is 17.6 Å². The summed E-state index contributed by atoms with van der Waals surface area (Å²) in [6.07, 6.45) is -0.485. The van der Waals surface area contributed by atoms with Crippen molar-refractivity contribution in [3.05, 3.63) is 125 Å². The summed E-state index contributed by atoms with van der Waals surface area (Å²) in [5.41, 5.74) is 1.80. The van der Waals surface area contributed by atoms with Gasteiger partial charge in [0.1, 0.15) is 23.3 Å². The van der Waals surface area contributed by atoms with Gasteiger partial charge in [0.15, 0.2) is 0 Å². The molecule has 1 fully saturated rings. The van der Waals surface area contributed by atoms with Gasteiger partial charge in [0.05, 0.1) is 18.1 Å². The molecule has 188 valence electrons. The number of nitrogens with zero attached hydrogens (tertiary/aromatic N) is 1. The lowest BCUT2D eigenvalue weighted by Gasteiger charge is -2.48. The van der Waals surface area contributed by atoms with E-state index in [0.29, 0.717) is 16.8 Å². The second-order valence-corrected chi connectivity index (χ2v) is 9.10. The standard InChI is InChI=1S/C30H23F4NO2/c31-20-8-5-18(6-9-20)28(36)16-15-25-29(35(30(25)37)22-12-10-21(32)11-13-22)24-14-7-19(17-27(24)34)23-3-1-2-4-26(23)33/h1-14,17,25,28-29,36H,15-16H2/t25-,28+,29-/m1/s1. The summed E-state index contributed by atoms with van der Waals surface area (Å²) in [4.78, 5) is 14.6. The SMILES string of the molecule is O=C1[C@H](CC[C@H](O)c2ccc(F)cc2)[C@@H](c2ccc(-c3ccccc3F)cc2F)N1c1ccc(F)cc1. The van der Waals surface area contributed by atoms with E-state index in [9.17, 15) is 23.1 Å². The lowest BCUT2D eigenvalue weighted by molar-refractivity contribution is -0.131. The number of benzene rings is 4. The highest BCUT2D eigenvalue weighted by Gasteiger charge is 2.49. The molecule has 1 aliphatic rings. The van der Waals surface area contributed by atoms with Crippen molar-refractivity contribution in [1.82, 2.24) is 0 Å². The molecular weight excluding hydrogens is 482 g/mol. The van der Waals surface area contributed by atoms with Crippen LogP contribution < -0.4 is 4.90 Å². The van der Waals surface area contributed by atoms with E-state index in [2.05, 4.69) is 0 Å². The Morgan fingerprint density at radius 1 is 0.784 bits per heavy atom. The zero-order valence-electron chi connectivity index (χ0n) is 19.6. The van der Waals surface area contributed by atoms with Crippen LogP contribution in [0, 0.1) is 29.2 Å². The fraction of sp³-hybridized carbons (Fsp3) is 0.167. The third-order valence-corrected chi connectivity index (χ3v) is 6.83. The molecule has 1 aliphatic heterocycles. The van der Waals surface area contributed by atoms with Crippen LogP contribution in [-0.2, 0) is 4.79 Å². The number of rotatable bonds is 7. The number of β-lactam (4-membered cyclic amide) rings is 1. The van der Waals surface area contributed by atoms with Gasteiger partial charge in [-0.15, -0.1) is 0 Å². The Hall–Kier alpha value is -3.97. The third kappa shape index (κ3) is 4.87. The third-order valence-electron chi connectivity index (χ3n) is 6.83. The number of hydrogen-bond acceptors (Lipinski definition) is 2. The molecule has 0 aromatic heterocycles. The number of halogens is 4. The minimum absolute atomic E-state index is 0.199. The quantitative estimate of drug-likeness (QED) is 0.214. The molecule has 3 nitrogen and oxygen atoms in total. The lowest BCUT2D eigenvalue weighted by Crippen LogP contribution is -2.55. The molecule has 0 unspecified atom stereocenters. The Bertz CT molecular complexity index is 1420. The Labute approximate surface area is 211 Å². The Morgan fingerprint density at radius 2 is 1.43 bits per heavy atom. The highest BCUT2D eigenvalue weighted by Crippen LogP contribution is 2.47. The molecule has 0 saturated carbocycles. The van der Waals surface area contributed by atoms with Gasteiger partial charge in [-0.3, -0.25) is 4.79 Å². The molecule has 0 bridgehead atoms. The molecular formula is C30H23F4NO2. The number of aliphatic hydroxyl groups excluding tert-OH is 1. The fourth-order valence-corrected chi connectivity index (χ4v) is 4.89. The van der Waals surface area contributed by atoms with Crippen LogP contribution in [0.15, 0.2) is 91.0 Å². The van der Waals surface area contributed by atoms with Crippen molar-refractivity contribution >= 4 is 11.6 Å². The first-order valence-corrected chi connectivity index (χ1v) is 11.9. The van der Waals surface area contributed by atoms with Gasteiger partial charge in [-0.2, -0.15) is 0 Å². The number of carbonyl (C=O) groups is 1. The zero-order valence-corrected chi connectivity index (χ0v) is 19.6. The fourth-order valence-electron chi connectivity index (χ4n) is 4.89. The van der Waals surface area contributed by atoms with Gasteiger partial charge in [0.2, 0.25) is 5.91 Å². The van der Waals surface area contributed by atoms with Crippen molar-refractivity contribution in [2.24, 2.45) is 5.92 Å². The Kier molecular flexibility index (Phi) is 6.80. The molecule has 4 aromatic carbocycles. The minimum atomic E-state index is -0.929. The smallest absolute Gasteiger partial charge is 0.233 e. The van der Waals surface area contributed by atoms with E-state index in [4.69, 9.17) is 0 Å². The molecule has 1 N–H and O–H groups in total. The van der Waals surface area contributed by atoms with Gasteiger partial charge in [-0.05, 0) is 72.5 Å².